The number of aromatic nitrogens is 2. The first-order valence-corrected chi connectivity index (χ1v) is 13.5. The second-order valence-electron chi connectivity index (χ2n) is 9.28. The lowest BCUT2D eigenvalue weighted by Gasteiger charge is -2.38. The number of pyridine rings is 2. The molecule has 2 aromatic heterocycles. The minimum atomic E-state index is -3.63. The van der Waals surface area contributed by atoms with Crippen LogP contribution < -0.4 is 0 Å². The third-order valence-electron chi connectivity index (χ3n) is 6.82. The van der Waals surface area contributed by atoms with Gasteiger partial charge in [-0.15, -0.1) is 0 Å². The van der Waals surface area contributed by atoms with E-state index in [9.17, 15) is 18.3 Å². The highest BCUT2D eigenvalue weighted by Gasteiger charge is 2.37. The Balaban J connectivity index is 1.27. The number of piperidine rings is 1. The summed E-state index contributed by atoms with van der Waals surface area (Å²) in [4.78, 5) is 23.6. The maximum atomic E-state index is 13.1. The van der Waals surface area contributed by atoms with E-state index in [1.165, 1.54) is 0 Å². The lowest BCUT2D eigenvalue weighted by atomic mass is 9.85. The summed E-state index contributed by atoms with van der Waals surface area (Å²) < 4.78 is 26.3. The van der Waals surface area contributed by atoms with E-state index in [1.807, 2.05) is 31.2 Å². The Morgan fingerprint density at radius 2 is 1.61 bits per heavy atom. The summed E-state index contributed by atoms with van der Waals surface area (Å²) >= 11 is 0. The van der Waals surface area contributed by atoms with Gasteiger partial charge in [-0.05, 0) is 61.2 Å². The van der Waals surface area contributed by atoms with Gasteiger partial charge in [-0.1, -0.05) is 36.4 Å². The molecule has 1 aliphatic rings. The third kappa shape index (κ3) is 4.62. The second-order valence-corrected chi connectivity index (χ2v) is 11.2. The third-order valence-corrected chi connectivity index (χ3v) is 8.53. The van der Waals surface area contributed by atoms with Crippen molar-refractivity contribution in [2.24, 2.45) is 0 Å². The van der Waals surface area contributed by atoms with Crippen LogP contribution in [0.2, 0.25) is 0 Å². The first-order valence-electron chi connectivity index (χ1n) is 11.9. The molecule has 1 fully saturated rings. The zero-order chi connectivity index (χ0) is 25.3. The summed E-state index contributed by atoms with van der Waals surface area (Å²) in [6.45, 7) is 2.75. The van der Waals surface area contributed by atoms with Crippen LogP contribution in [0.5, 0.6) is 0 Å². The fourth-order valence-corrected chi connectivity index (χ4v) is 6.38. The maximum absolute atomic E-state index is 13.1. The summed E-state index contributed by atoms with van der Waals surface area (Å²) in [5.74, 6) is -0.320. The molecule has 0 bridgehead atoms. The monoisotopic (exact) mass is 501 g/mol. The molecule has 36 heavy (non-hydrogen) atoms. The van der Waals surface area contributed by atoms with Crippen LogP contribution in [-0.2, 0) is 21.2 Å². The number of nitrogens with zero attached hydrogens (tertiary/aromatic N) is 3. The average molecular weight is 502 g/mol. The molecule has 1 aliphatic heterocycles. The van der Waals surface area contributed by atoms with Crippen LogP contribution in [0.1, 0.15) is 40.0 Å². The minimum Gasteiger partial charge on any atom is -0.383 e. The fourth-order valence-electron chi connectivity index (χ4n) is 4.84. The van der Waals surface area contributed by atoms with Gasteiger partial charge in [0.05, 0.1) is 21.9 Å². The Morgan fingerprint density at radius 3 is 2.33 bits per heavy atom. The molecule has 1 saturated heterocycles. The van der Waals surface area contributed by atoms with Gasteiger partial charge in [0.25, 0.3) is 5.91 Å². The molecule has 1 N–H and O–H groups in total. The second kappa shape index (κ2) is 9.44. The largest absolute Gasteiger partial charge is 0.383 e. The highest BCUT2D eigenvalue weighted by Crippen LogP contribution is 2.33. The van der Waals surface area contributed by atoms with Crippen molar-refractivity contribution in [1.29, 1.82) is 0 Å². The van der Waals surface area contributed by atoms with Crippen molar-refractivity contribution in [3.63, 3.8) is 0 Å². The number of likely N-dealkylation sites (tertiary alicyclic amines) is 1. The standard InChI is InChI=1S/C28H27N3O4S/c1-20-5-3-16-30-26(20)28(33)13-17-31(18-14-28)27(32)23-11-9-21(10-12-23)19-36(34,35)24-8-2-6-22-7-4-15-29-25(22)24/h2-12,15-16,33H,13-14,17-19H2,1H3. The number of hydrogen-bond acceptors (Lipinski definition) is 6. The number of carbonyl (C=O) groups excluding carboxylic acids is 1. The normalized spacial score (nSPS) is 15.7. The molecule has 0 aliphatic carbocycles. The fraction of sp³-hybridized carbons (Fsp3) is 0.250. The molecule has 7 nitrogen and oxygen atoms in total. The summed E-state index contributed by atoms with van der Waals surface area (Å²) in [5, 5.41) is 11.9. The summed E-state index contributed by atoms with van der Waals surface area (Å²) in [7, 11) is -3.63. The van der Waals surface area contributed by atoms with Crippen molar-refractivity contribution in [1.82, 2.24) is 14.9 Å². The molecule has 4 aromatic rings. The van der Waals surface area contributed by atoms with Crippen molar-refractivity contribution in [3.05, 3.63) is 102 Å². The number of aliphatic hydroxyl groups is 1. The predicted molar refractivity (Wildman–Crippen MR) is 137 cm³/mol. The molecule has 0 spiro atoms. The average Bonchev–Trinajstić information content (AvgIpc) is 2.89. The predicted octanol–water partition coefficient (Wildman–Crippen LogP) is 4.04. The number of aryl methyl sites for hydroxylation is 1. The van der Waals surface area contributed by atoms with Crippen molar-refractivity contribution in [2.45, 2.75) is 36.0 Å². The van der Waals surface area contributed by atoms with Crippen LogP contribution in [0.15, 0.2) is 84.0 Å². The van der Waals surface area contributed by atoms with Crippen LogP contribution >= 0.6 is 0 Å². The molecular weight excluding hydrogens is 474 g/mol. The zero-order valence-electron chi connectivity index (χ0n) is 20.0. The summed E-state index contributed by atoms with van der Waals surface area (Å²) in [5.41, 5.74) is 2.10. The SMILES string of the molecule is Cc1cccnc1C1(O)CCN(C(=O)c2ccc(CS(=O)(=O)c3cccc4cccnc34)cc2)CC1. The number of fused-ring (bicyclic) bond motifs is 1. The van der Waals surface area contributed by atoms with E-state index < -0.39 is 15.4 Å². The Morgan fingerprint density at radius 1 is 0.944 bits per heavy atom. The molecule has 2 aromatic carbocycles. The van der Waals surface area contributed by atoms with Gasteiger partial charge < -0.3 is 10.0 Å². The Labute approximate surface area is 210 Å². The van der Waals surface area contributed by atoms with Gasteiger partial charge in [0.1, 0.15) is 5.60 Å². The molecule has 184 valence electrons. The number of sulfone groups is 1. The van der Waals surface area contributed by atoms with Crippen molar-refractivity contribution in [3.8, 4) is 0 Å². The van der Waals surface area contributed by atoms with Crippen LogP contribution in [0, 0.1) is 6.92 Å². The number of carbonyl (C=O) groups is 1. The van der Waals surface area contributed by atoms with Crippen LogP contribution in [0.3, 0.4) is 0 Å². The van der Waals surface area contributed by atoms with Gasteiger partial charge >= 0.3 is 0 Å². The Kier molecular flexibility index (Phi) is 6.32. The topological polar surface area (TPSA) is 100 Å². The van der Waals surface area contributed by atoms with Crippen molar-refractivity contribution in [2.75, 3.05) is 13.1 Å². The van der Waals surface area contributed by atoms with Gasteiger partial charge in [0, 0.05) is 36.4 Å². The Hall–Kier alpha value is -3.62. The van der Waals surface area contributed by atoms with Gasteiger partial charge in [-0.25, -0.2) is 8.42 Å². The molecule has 3 heterocycles. The molecule has 1 amide bonds. The number of benzene rings is 2. The number of rotatable bonds is 5. The van der Waals surface area contributed by atoms with Gasteiger partial charge in [0.15, 0.2) is 9.84 Å². The molecule has 8 heteroatoms. The molecule has 0 radical (unpaired) electrons. The zero-order valence-corrected chi connectivity index (χ0v) is 20.8. The maximum Gasteiger partial charge on any atom is 0.253 e. The van der Waals surface area contributed by atoms with Crippen molar-refractivity contribution >= 4 is 26.6 Å². The van der Waals surface area contributed by atoms with E-state index in [0.717, 1.165) is 10.9 Å². The van der Waals surface area contributed by atoms with Gasteiger partial charge in [-0.3, -0.25) is 14.8 Å². The number of para-hydroxylation sites is 1. The number of amides is 1. The molecule has 0 atom stereocenters. The summed E-state index contributed by atoms with van der Waals surface area (Å²) in [6.07, 6.45) is 4.08. The molecule has 0 saturated carbocycles. The smallest absolute Gasteiger partial charge is 0.253 e. The van der Waals surface area contributed by atoms with E-state index in [4.69, 9.17) is 0 Å². The van der Waals surface area contributed by atoms with E-state index in [0.29, 0.717) is 48.3 Å². The first-order chi connectivity index (χ1) is 17.3. The number of hydrogen-bond donors (Lipinski definition) is 1. The highest BCUT2D eigenvalue weighted by molar-refractivity contribution is 7.90. The van der Waals surface area contributed by atoms with E-state index in [1.54, 1.807) is 59.8 Å². The van der Waals surface area contributed by atoms with Crippen molar-refractivity contribution < 1.29 is 18.3 Å². The molecular formula is C28H27N3O4S. The molecule has 5 rings (SSSR count). The minimum absolute atomic E-state index is 0.137. The van der Waals surface area contributed by atoms with Crippen LogP contribution in [0.4, 0.5) is 0 Å². The molecule has 0 unspecified atom stereocenters. The summed E-state index contributed by atoms with van der Waals surface area (Å²) in [6, 6.07) is 19.2. The lowest BCUT2D eigenvalue weighted by molar-refractivity contribution is -0.0248. The highest BCUT2D eigenvalue weighted by atomic mass is 32.2. The van der Waals surface area contributed by atoms with E-state index >= 15 is 0 Å². The van der Waals surface area contributed by atoms with Crippen LogP contribution in [0.25, 0.3) is 10.9 Å². The lowest BCUT2D eigenvalue weighted by Crippen LogP contribution is -2.45. The Bertz CT molecular complexity index is 1520. The van der Waals surface area contributed by atoms with E-state index in [-0.39, 0.29) is 16.6 Å². The van der Waals surface area contributed by atoms with Gasteiger partial charge in [0.2, 0.25) is 0 Å². The quantitative estimate of drug-likeness (QED) is 0.443. The van der Waals surface area contributed by atoms with Crippen LogP contribution in [-0.4, -0.2) is 47.4 Å². The first kappa shape index (κ1) is 24.1. The van der Waals surface area contributed by atoms with Gasteiger partial charge in [-0.2, -0.15) is 0 Å². The van der Waals surface area contributed by atoms with E-state index in [2.05, 4.69) is 9.97 Å².